The first kappa shape index (κ1) is 11.7. The zero-order valence-electron chi connectivity index (χ0n) is 8.11. The van der Waals surface area contributed by atoms with Gasteiger partial charge in [0.1, 0.15) is 0 Å². The van der Waals surface area contributed by atoms with Crippen LogP contribution in [0.3, 0.4) is 0 Å². The van der Waals surface area contributed by atoms with Crippen molar-refractivity contribution in [2.24, 2.45) is 11.5 Å². The molecule has 1 rings (SSSR count). The molecule has 1 aromatic rings. The van der Waals surface area contributed by atoms with E-state index in [9.17, 15) is 0 Å². The topological polar surface area (TPSA) is 52.0 Å². The van der Waals surface area contributed by atoms with Crippen LogP contribution < -0.4 is 11.5 Å². The summed E-state index contributed by atoms with van der Waals surface area (Å²) >= 11 is 0. The van der Waals surface area contributed by atoms with E-state index in [4.69, 9.17) is 11.5 Å². The second kappa shape index (κ2) is 8.81. The second-order valence-electron chi connectivity index (χ2n) is 2.53. The zero-order valence-corrected chi connectivity index (χ0v) is 8.11. The number of nitrogens with two attached hydrogens (primary N) is 2. The monoisotopic (exact) mass is 178 g/mol. The van der Waals surface area contributed by atoms with Gasteiger partial charge in [-0.1, -0.05) is 43.3 Å². The van der Waals surface area contributed by atoms with Crippen molar-refractivity contribution in [3.05, 3.63) is 48.2 Å². The van der Waals surface area contributed by atoms with Crippen molar-refractivity contribution in [2.45, 2.75) is 19.9 Å². The van der Waals surface area contributed by atoms with Crippen LogP contribution in [0.2, 0.25) is 0 Å². The third kappa shape index (κ3) is 7.09. The Morgan fingerprint density at radius 3 is 2.08 bits per heavy atom. The summed E-state index contributed by atoms with van der Waals surface area (Å²) in [5.74, 6) is 0. The van der Waals surface area contributed by atoms with Gasteiger partial charge < -0.3 is 11.5 Å². The fraction of sp³-hybridized carbons (Fsp3) is 0.273. The van der Waals surface area contributed by atoms with Gasteiger partial charge in [-0.05, 0) is 18.2 Å². The van der Waals surface area contributed by atoms with Crippen LogP contribution >= 0.6 is 0 Å². The Morgan fingerprint density at radius 1 is 1.23 bits per heavy atom. The normalized spacial score (nSPS) is 9.38. The highest BCUT2D eigenvalue weighted by molar-refractivity contribution is 5.13. The number of hydrogen-bond acceptors (Lipinski definition) is 2. The van der Waals surface area contributed by atoms with Gasteiger partial charge in [0, 0.05) is 6.54 Å². The lowest BCUT2D eigenvalue weighted by Crippen LogP contribution is -1.94. The van der Waals surface area contributed by atoms with E-state index in [1.54, 1.807) is 6.20 Å². The summed E-state index contributed by atoms with van der Waals surface area (Å²) in [5.41, 5.74) is 11.5. The summed E-state index contributed by atoms with van der Waals surface area (Å²) in [6, 6.07) is 9.99. The molecule has 0 aliphatic rings. The average Bonchev–Trinajstić information content (AvgIpc) is 2.21. The van der Waals surface area contributed by atoms with E-state index in [1.807, 2.05) is 43.3 Å². The molecule has 0 saturated carbocycles. The number of benzene rings is 1. The van der Waals surface area contributed by atoms with Crippen LogP contribution in [0.25, 0.3) is 0 Å². The summed E-state index contributed by atoms with van der Waals surface area (Å²) in [6.45, 7) is 2.68. The fourth-order valence-corrected chi connectivity index (χ4v) is 0.750. The van der Waals surface area contributed by atoms with Crippen LogP contribution in [0.1, 0.15) is 18.9 Å². The van der Waals surface area contributed by atoms with Gasteiger partial charge >= 0.3 is 0 Å². The van der Waals surface area contributed by atoms with E-state index >= 15 is 0 Å². The fourth-order valence-electron chi connectivity index (χ4n) is 0.750. The molecule has 0 heterocycles. The SMILES string of the molecule is CCC=CN.NCc1ccccc1. The molecule has 0 aliphatic heterocycles. The first-order valence-corrected chi connectivity index (χ1v) is 4.45. The van der Waals surface area contributed by atoms with Crippen LogP contribution in [0.4, 0.5) is 0 Å². The van der Waals surface area contributed by atoms with Gasteiger partial charge in [0.15, 0.2) is 0 Å². The van der Waals surface area contributed by atoms with Crippen molar-refractivity contribution >= 4 is 0 Å². The first-order valence-electron chi connectivity index (χ1n) is 4.45. The van der Waals surface area contributed by atoms with Crippen LogP contribution in [0.5, 0.6) is 0 Å². The number of rotatable bonds is 2. The van der Waals surface area contributed by atoms with Crippen molar-refractivity contribution in [3.63, 3.8) is 0 Å². The molecular weight excluding hydrogens is 160 g/mol. The number of hydrogen-bond donors (Lipinski definition) is 2. The first-order chi connectivity index (χ1) is 6.35. The highest BCUT2D eigenvalue weighted by Gasteiger charge is 1.80. The Hall–Kier alpha value is -1.28. The predicted octanol–water partition coefficient (Wildman–Crippen LogP) is 2.01. The lowest BCUT2D eigenvalue weighted by Gasteiger charge is -1.90. The van der Waals surface area contributed by atoms with Crippen molar-refractivity contribution < 1.29 is 0 Å². The smallest absolute Gasteiger partial charge is 0.0178 e. The molecule has 0 bridgehead atoms. The van der Waals surface area contributed by atoms with Gasteiger partial charge in [-0.2, -0.15) is 0 Å². The Labute approximate surface area is 80.3 Å². The molecule has 0 unspecified atom stereocenters. The molecular formula is C11H18N2. The quantitative estimate of drug-likeness (QED) is 0.728. The highest BCUT2D eigenvalue weighted by atomic mass is 14.5. The molecule has 72 valence electrons. The minimum absolute atomic E-state index is 0.640. The Bertz CT molecular complexity index is 217. The zero-order chi connectivity index (χ0) is 9.94. The largest absolute Gasteiger partial charge is 0.405 e. The van der Waals surface area contributed by atoms with Crippen molar-refractivity contribution in [2.75, 3.05) is 0 Å². The molecule has 0 aliphatic carbocycles. The summed E-state index contributed by atoms with van der Waals surface area (Å²) in [4.78, 5) is 0. The van der Waals surface area contributed by atoms with Crippen molar-refractivity contribution in [1.29, 1.82) is 0 Å². The average molecular weight is 178 g/mol. The molecule has 2 nitrogen and oxygen atoms in total. The maximum absolute atomic E-state index is 5.35. The van der Waals surface area contributed by atoms with E-state index < -0.39 is 0 Å². The minimum atomic E-state index is 0.640. The maximum atomic E-state index is 5.35. The van der Waals surface area contributed by atoms with E-state index in [0.717, 1.165) is 6.42 Å². The maximum Gasteiger partial charge on any atom is 0.0178 e. The van der Waals surface area contributed by atoms with Crippen molar-refractivity contribution in [1.82, 2.24) is 0 Å². The van der Waals surface area contributed by atoms with Gasteiger partial charge in [-0.3, -0.25) is 0 Å². The molecule has 2 heteroatoms. The molecule has 4 N–H and O–H groups in total. The second-order valence-corrected chi connectivity index (χ2v) is 2.53. The molecule has 0 fully saturated rings. The molecule has 0 spiro atoms. The van der Waals surface area contributed by atoms with E-state index in [-0.39, 0.29) is 0 Å². The van der Waals surface area contributed by atoms with E-state index in [2.05, 4.69) is 0 Å². The van der Waals surface area contributed by atoms with Gasteiger partial charge in [-0.25, -0.2) is 0 Å². The lowest BCUT2D eigenvalue weighted by molar-refractivity contribution is 1.07. The molecule has 0 atom stereocenters. The number of allylic oxidation sites excluding steroid dienone is 1. The van der Waals surface area contributed by atoms with Gasteiger partial charge in [-0.15, -0.1) is 0 Å². The Kier molecular flexibility index (Phi) is 7.95. The van der Waals surface area contributed by atoms with Gasteiger partial charge in [0.2, 0.25) is 0 Å². The van der Waals surface area contributed by atoms with E-state index in [0.29, 0.717) is 6.54 Å². The molecule has 0 saturated heterocycles. The summed E-state index contributed by atoms with van der Waals surface area (Å²) in [7, 11) is 0. The Balaban J connectivity index is 0.000000252. The van der Waals surface area contributed by atoms with Crippen LogP contribution in [0.15, 0.2) is 42.6 Å². The minimum Gasteiger partial charge on any atom is -0.405 e. The molecule has 1 aromatic carbocycles. The summed E-state index contributed by atoms with van der Waals surface area (Å²) in [5, 5.41) is 0. The van der Waals surface area contributed by atoms with E-state index in [1.165, 1.54) is 5.56 Å². The van der Waals surface area contributed by atoms with Crippen molar-refractivity contribution in [3.8, 4) is 0 Å². The molecule has 0 amide bonds. The summed E-state index contributed by atoms with van der Waals surface area (Å²) in [6.07, 6.45) is 4.50. The van der Waals surface area contributed by atoms with Crippen LogP contribution in [0, 0.1) is 0 Å². The van der Waals surface area contributed by atoms with Gasteiger partial charge in [0.25, 0.3) is 0 Å². The summed E-state index contributed by atoms with van der Waals surface area (Å²) < 4.78 is 0. The Morgan fingerprint density at radius 2 is 1.85 bits per heavy atom. The third-order valence-electron chi connectivity index (χ3n) is 1.45. The third-order valence-corrected chi connectivity index (χ3v) is 1.45. The predicted molar refractivity (Wildman–Crippen MR) is 58.0 cm³/mol. The highest BCUT2D eigenvalue weighted by Crippen LogP contribution is 1.94. The standard InChI is InChI=1S/C7H9N.C4H9N/c8-6-7-4-2-1-3-5-7;1-2-3-4-5/h1-5H,6,8H2;3-4H,2,5H2,1H3. The molecule has 0 radical (unpaired) electrons. The van der Waals surface area contributed by atoms with Crippen LogP contribution in [-0.4, -0.2) is 0 Å². The lowest BCUT2D eigenvalue weighted by atomic mass is 10.2. The van der Waals surface area contributed by atoms with Crippen LogP contribution in [-0.2, 0) is 6.54 Å². The molecule has 13 heavy (non-hydrogen) atoms. The van der Waals surface area contributed by atoms with Gasteiger partial charge in [0.05, 0.1) is 0 Å². The molecule has 0 aromatic heterocycles.